The lowest BCUT2D eigenvalue weighted by Crippen LogP contribution is -2.15. The van der Waals surface area contributed by atoms with Gasteiger partial charge in [0.25, 0.3) is 0 Å². The van der Waals surface area contributed by atoms with Crippen molar-refractivity contribution in [3.05, 3.63) is 28.8 Å². The molecule has 0 aliphatic rings. The Hall–Kier alpha value is -1.55. The summed E-state index contributed by atoms with van der Waals surface area (Å²) in [5, 5.41) is 19.3. The number of benzene rings is 1. The van der Waals surface area contributed by atoms with Crippen LogP contribution >= 0.6 is 0 Å². The van der Waals surface area contributed by atoms with Gasteiger partial charge in [-0.05, 0) is 44.0 Å². The van der Waals surface area contributed by atoms with Gasteiger partial charge in [0.2, 0.25) is 0 Å². The fourth-order valence-corrected chi connectivity index (χ4v) is 1.39. The number of esters is 1. The zero-order chi connectivity index (χ0) is 12.3. The average Bonchev–Trinajstić information content (AvgIpc) is 2.23. The Kier molecular flexibility index (Phi) is 3.90. The Balaban J connectivity index is 3.04. The van der Waals surface area contributed by atoms with E-state index in [9.17, 15) is 15.0 Å². The maximum absolute atomic E-state index is 11.3. The second kappa shape index (κ2) is 4.99. The molecule has 0 aliphatic heterocycles. The van der Waals surface area contributed by atoms with Crippen molar-refractivity contribution < 1.29 is 19.7 Å². The summed E-state index contributed by atoms with van der Waals surface area (Å²) < 4.78 is 4.68. The third-order valence-corrected chi connectivity index (χ3v) is 2.45. The van der Waals surface area contributed by atoms with Crippen molar-refractivity contribution in [2.24, 2.45) is 0 Å². The molecule has 0 fully saturated rings. The number of rotatable bonds is 3. The fraction of sp³-hybridized carbons (Fsp3) is 0.417. The molecule has 0 bridgehead atoms. The van der Waals surface area contributed by atoms with Crippen LogP contribution in [0.1, 0.15) is 29.7 Å². The molecule has 4 nitrogen and oxygen atoms in total. The maximum Gasteiger partial charge on any atom is 0.339 e. The van der Waals surface area contributed by atoms with E-state index >= 15 is 0 Å². The van der Waals surface area contributed by atoms with E-state index in [0.717, 1.165) is 11.1 Å². The van der Waals surface area contributed by atoms with Crippen molar-refractivity contribution >= 4 is 5.97 Å². The van der Waals surface area contributed by atoms with Gasteiger partial charge in [-0.15, -0.1) is 0 Å². The van der Waals surface area contributed by atoms with E-state index < -0.39 is 12.1 Å². The Bertz CT molecular complexity index is 398. The van der Waals surface area contributed by atoms with E-state index in [-0.39, 0.29) is 17.9 Å². The Morgan fingerprint density at radius 3 is 2.50 bits per heavy atom. The van der Waals surface area contributed by atoms with Gasteiger partial charge in [0.15, 0.2) is 6.10 Å². The van der Waals surface area contributed by atoms with Gasteiger partial charge in [-0.25, -0.2) is 4.79 Å². The van der Waals surface area contributed by atoms with E-state index in [0.29, 0.717) is 0 Å². The van der Waals surface area contributed by atoms with Gasteiger partial charge in [-0.3, -0.25) is 0 Å². The first kappa shape index (κ1) is 12.5. The number of aliphatic hydroxyl groups is 1. The normalized spacial score (nSPS) is 12.2. The molecule has 0 heterocycles. The van der Waals surface area contributed by atoms with Crippen molar-refractivity contribution in [1.29, 1.82) is 0 Å². The molecule has 1 unspecified atom stereocenters. The van der Waals surface area contributed by atoms with Crippen LogP contribution in [0.2, 0.25) is 0 Å². The van der Waals surface area contributed by atoms with Crippen molar-refractivity contribution in [3.8, 4) is 5.75 Å². The molecule has 2 N–H and O–H groups in total. The summed E-state index contributed by atoms with van der Waals surface area (Å²) in [6.45, 7) is 5.54. The number of ether oxygens (including phenoxy) is 1. The van der Waals surface area contributed by atoms with Gasteiger partial charge in [-0.1, -0.05) is 0 Å². The number of carbonyl (C=O) groups excluding carboxylic acids is 1. The first-order valence-corrected chi connectivity index (χ1v) is 5.12. The molecule has 0 aromatic heterocycles. The Labute approximate surface area is 94.5 Å². The average molecular weight is 224 g/mol. The van der Waals surface area contributed by atoms with Crippen molar-refractivity contribution in [3.63, 3.8) is 0 Å². The lowest BCUT2D eigenvalue weighted by Gasteiger charge is -2.13. The number of phenolic OH excluding ortho intramolecular Hbond substituents is 1. The minimum atomic E-state index is -1.43. The highest BCUT2D eigenvalue weighted by molar-refractivity contribution is 5.77. The van der Waals surface area contributed by atoms with Crippen LogP contribution in [0.5, 0.6) is 5.75 Å². The summed E-state index contributed by atoms with van der Waals surface area (Å²) in [5.41, 5.74) is 1.98. The minimum absolute atomic E-state index is 0.0938. The molecule has 1 aromatic rings. The quantitative estimate of drug-likeness (QED) is 0.765. The SMILES string of the molecule is CCOC(=O)C(O)c1cc(C)c(C)cc1O. The maximum atomic E-state index is 11.3. The van der Waals surface area contributed by atoms with Gasteiger partial charge in [0, 0.05) is 5.56 Å². The van der Waals surface area contributed by atoms with E-state index in [1.54, 1.807) is 13.0 Å². The Morgan fingerprint density at radius 1 is 1.38 bits per heavy atom. The van der Waals surface area contributed by atoms with Crippen molar-refractivity contribution in [1.82, 2.24) is 0 Å². The molecule has 0 aliphatic carbocycles. The molecular weight excluding hydrogens is 208 g/mol. The second-order valence-corrected chi connectivity index (χ2v) is 3.65. The molecule has 1 aromatic carbocycles. The van der Waals surface area contributed by atoms with Gasteiger partial charge in [-0.2, -0.15) is 0 Å². The van der Waals surface area contributed by atoms with Crippen LogP contribution in [0.15, 0.2) is 12.1 Å². The number of hydrogen-bond acceptors (Lipinski definition) is 4. The van der Waals surface area contributed by atoms with E-state index in [1.165, 1.54) is 6.07 Å². The fourth-order valence-electron chi connectivity index (χ4n) is 1.39. The van der Waals surface area contributed by atoms with Crippen molar-refractivity contribution in [2.45, 2.75) is 26.9 Å². The summed E-state index contributed by atoms with van der Waals surface area (Å²) >= 11 is 0. The van der Waals surface area contributed by atoms with Gasteiger partial charge < -0.3 is 14.9 Å². The predicted molar refractivity (Wildman–Crippen MR) is 59.2 cm³/mol. The molecule has 88 valence electrons. The lowest BCUT2D eigenvalue weighted by atomic mass is 10.0. The molecular formula is C12H16O4. The predicted octanol–water partition coefficient (Wildman–Crippen LogP) is 1.61. The van der Waals surface area contributed by atoms with Crippen LogP contribution in [-0.4, -0.2) is 22.8 Å². The molecule has 0 spiro atoms. The topological polar surface area (TPSA) is 66.8 Å². The number of hydrogen-bond donors (Lipinski definition) is 2. The molecule has 1 atom stereocenters. The van der Waals surface area contributed by atoms with Crippen LogP contribution in [-0.2, 0) is 9.53 Å². The second-order valence-electron chi connectivity index (χ2n) is 3.65. The van der Waals surface area contributed by atoms with Crippen LogP contribution in [0, 0.1) is 13.8 Å². The third-order valence-electron chi connectivity index (χ3n) is 2.45. The number of phenols is 1. The highest BCUT2D eigenvalue weighted by atomic mass is 16.5. The van der Waals surface area contributed by atoms with Crippen LogP contribution in [0.25, 0.3) is 0 Å². The summed E-state index contributed by atoms with van der Waals surface area (Å²) in [7, 11) is 0. The van der Waals surface area contributed by atoms with Gasteiger partial charge in [0.05, 0.1) is 6.61 Å². The van der Waals surface area contributed by atoms with Crippen LogP contribution in [0.4, 0.5) is 0 Å². The summed E-state index contributed by atoms with van der Waals surface area (Å²) in [5.74, 6) is -0.843. The molecule has 0 saturated carbocycles. The highest BCUT2D eigenvalue weighted by Gasteiger charge is 2.22. The lowest BCUT2D eigenvalue weighted by molar-refractivity contribution is -0.153. The number of carbonyl (C=O) groups is 1. The molecule has 0 saturated heterocycles. The van der Waals surface area contributed by atoms with E-state index in [4.69, 9.17) is 0 Å². The monoisotopic (exact) mass is 224 g/mol. The number of aliphatic hydroxyl groups excluding tert-OH is 1. The summed E-state index contributed by atoms with van der Waals surface area (Å²) in [6, 6.07) is 3.11. The Morgan fingerprint density at radius 2 is 1.94 bits per heavy atom. The van der Waals surface area contributed by atoms with Crippen molar-refractivity contribution in [2.75, 3.05) is 6.61 Å². The van der Waals surface area contributed by atoms with Gasteiger partial charge >= 0.3 is 5.97 Å². The van der Waals surface area contributed by atoms with Crippen LogP contribution < -0.4 is 0 Å². The molecule has 16 heavy (non-hydrogen) atoms. The first-order valence-electron chi connectivity index (χ1n) is 5.12. The zero-order valence-electron chi connectivity index (χ0n) is 9.65. The molecule has 0 amide bonds. The molecule has 1 rings (SSSR count). The third kappa shape index (κ3) is 2.52. The molecule has 4 heteroatoms. The number of aromatic hydroxyl groups is 1. The smallest absolute Gasteiger partial charge is 0.339 e. The van der Waals surface area contributed by atoms with E-state index in [1.807, 2.05) is 13.8 Å². The molecule has 0 radical (unpaired) electrons. The minimum Gasteiger partial charge on any atom is -0.508 e. The van der Waals surface area contributed by atoms with Crippen LogP contribution in [0.3, 0.4) is 0 Å². The first-order chi connectivity index (χ1) is 7.47. The van der Waals surface area contributed by atoms with E-state index in [2.05, 4.69) is 4.74 Å². The summed E-state index contributed by atoms with van der Waals surface area (Å²) in [6.07, 6.45) is -1.43. The summed E-state index contributed by atoms with van der Waals surface area (Å²) in [4.78, 5) is 11.3. The zero-order valence-corrected chi connectivity index (χ0v) is 9.65. The van der Waals surface area contributed by atoms with Gasteiger partial charge in [0.1, 0.15) is 5.75 Å². The largest absolute Gasteiger partial charge is 0.508 e. The standard InChI is InChI=1S/C12H16O4/c1-4-16-12(15)11(14)9-5-7(2)8(3)6-10(9)13/h5-6,11,13-14H,4H2,1-3H3. The number of aryl methyl sites for hydroxylation is 2. The highest BCUT2D eigenvalue weighted by Crippen LogP contribution is 2.28.